The number of fused-ring (bicyclic) bond motifs is 2. The van der Waals surface area contributed by atoms with Crippen LogP contribution in [0.4, 0.5) is 11.5 Å². The Bertz CT molecular complexity index is 1190. The summed E-state index contributed by atoms with van der Waals surface area (Å²) in [7, 11) is 0. The molecule has 0 saturated heterocycles. The predicted octanol–water partition coefficient (Wildman–Crippen LogP) is 5.93. The number of rotatable bonds is 3. The molecule has 0 saturated carbocycles. The van der Waals surface area contributed by atoms with Crippen molar-refractivity contribution in [1.29, 1.82) is 0 Å². The minimum Gasteiger partial charge on any atom is -0.486 e. The third-order valence-corrected chi connectivity index (χ3v) is 5.20. The minimum absolute atomic E-state index is 0.547. The van der Waals surface area contributed by atoms with E-state index < -0.39 is 0 Å². The van der Waals surface area contributed by atoms with Crippen LogP contribution in [-0.2, 0) is 0 Å². The molecule has 7 heteroatoms. The lowest BCUT2D eigenvalue weighted by molar-refractivity contribution is 0.171. The van der Waals surface area contributed by atoms with E-state index >= 15 is 0 Å². The molecule has 0 bridgehead atoms. The smallest absolute Gasteiger partial charge is 0.163 e. The van der Waals surface area contributed by atoms with Gasteiger partial charge in [0.15, 0.2) is 11.5 Å². The van der Waals surface area contributed by atoms with Gasteiger partial charge in [0.05, 0.1) is 5.02 Å². The number of anilines is 2. The van der Waals surface area contributed by atoms with E-state index in [4.69, 9.17) is 26.1 Å². The van der Waals surface area contributed by atoms with Crippen molar-refractivity contribution in [2.75, 3.05) is 18.5 Å². The molecule has 0 atom stereocenters. The van der Waals surface area contributed by atoms with Gasteiger partial charge in [0.25, 0.3) is 0 Å². The second-order valence-corrected chi connectivity index (χ2v) is 7.73. The summed E-state index contributed by atoms with van der Waals surface area (Å²) in [4.78, 5) is 4.81. The largest absolute Gasteiger partial charge is 0.486 e. The van der Waals surface area contributed by atoms with Crippen molar-refractivity contribution < 1.29 is 9.47 Å². The molecular weight excluding hydrogens is 442 g/mol. The van der Waals surface area contributed by atoms with E-state index in [-0.39, 0.29) is 0 Å². The molecule has 0 unspecified atom stereocenters. The molecule has 0 fully saturated rings. The number of hydrogen-bond acceptors (Lipinski definition) is 4. The summed E-state index contributed by atoms with van der Waals surface area (Å²) in [5.41, 5.74) is 3.51. The lowest BCUT2D eigenvalue weighted by atomic mass is 10.1. The van der Waals surface area contributed by atoms with Crippen molar-refractivity contribution in [1.82, 2.24) is 9.38 Å². The fraction of sp³-hybridized carbons (Fsp3) is 0.0952. The highest BCUT2D eigenvalue weighted by molar-refractivity contribution is 9.10. The maximum absolute atomic E-state index is 6.25. The predicted molar refractivity (Wildman–Crippen MR) is 114 cm³/mol. The molecule has 140 valence electrons. The first-order valence-corrected chi connectivity index (χ1v) is 9.95. The van der Waals surface area contributed by atoms with Crippen molar-refractivity contribution in [2.45, 2.75) is 0 Å². The number of ether oxygens (including phenoxy) is 2. The van der Waals surface area contributed by atoms with Crippen molar-refractivity contribution >= 4 is 44.7 Å². The number of halogens is 2. The van der Waals surface area contributed by atoms with Crippen LogP contribution in [0.25, 0.3) is 16.9 Å². The first-order chi connectivity index (χ1) is 13.7. The minimum atomic E-state index is 0.547. The van der Waals surface area contributed by atoms with E-state index in [0.29, 0.717) is 18.2 Å². The van der Waals surface area contributed by atoms with E-state index in [0.717, 1.165) is 44.4 Å². The molecule has 0 aliphatic carbocycles. The van der Waals surface area contributed by atoms with Crippen LogP contribution in [0, 0.1) is 0 Å². The molecule has 1 aliphatic rings. The van der Waals surface area contributed by atoms with E-state index in [9.17, 15) is 0 Å². The standard InChI is InChI=1S/C21H15BrClN3O2/c22-14-3-1-2-13(10-14)20-21(26-12-15(23)4-7-19(26)25-20)24-16-5-6-17-18(11-16)28-9-8-27-17/h1-7,10-12,24H,8-9H2. The third-order valence-electron chi connectivity index (χ3n) is 4.49. The fourth-order valence-corrected chi connectivity index (χ4v) is 3.79. The molecule has 5 rings (SSSR count). The summed E-state index contributed by atoms with van der Waals surface area (Å²) in [5.74, 6) is 2.31. The van der Waals surface area contributed by atoms with Crippen LogP contribution < -0.4 is 14.8 Å². The number of nitrogens with zero attached hydrogens (tertiary/aromatic N) is 2. The monoisotopic (exact) mass is 455 g/mol. The second-order valence-electron chi connectivity index (χ2n) is 6.38. The number of imidazole rings is 1. The van der Waals surface area contributed by atoms with Gasteiger partial charge < -0.3 is 14.8 Å². The van der Waals surface area contributed by atoms with E-state index in [1.54, 1.807) is 0 Å². The van der Waals surface area contributed by atoms with Gasteiger partial charge in [-0.15, -0.1) is 0 Å². The SMILES string of the molecule is Clc1ccc2nc(-c3cccc(Br)c3)c(Nc3ccc4c(c3)OCCO4)n2c1. The van der Waals surface area contributed by atoms with Crippen LogP contribution >= 0.6 is 27.5 Å². The van der Waals surface area contributed by atoms with Gasteiger partial charge in [-0.3, -0.25) is 4.40 Å². The molecule has 0 amide bonds. The third kappa shape index (κ3) is 3.19. The summed E-state index contributed by atoms with van der Waals surface area (Å²) in [6.07, 6.45) is 1.85. The zero-order chi connectivity index (χ0) is 19.1. The number of aromatic nitrogens is 2. The fourth-order valence-electron chi connectivity index (χ4n) is 3.23. The normalized spacial score (nSPS) is 12.9. The zero-order valence-corrected chi connectivity index (χ0v) is 17.0. The van der Waals surface area contributed by atoms with Gasteiger partial charge >= 0.3 is 0 Å². The summed E-state index contributed by atoms with van der Waals surface area (Å²) in [5, 5.41) is 4.12. The number of pyridine rings is 1. The van der Waals surface area contributed by atoms with Crippen molar-refractivity contribution in [3.63, 3.8) is 0 Å². The number of benzene rings is 2. The van der Waals surface area contributed by atoms with Crippen LogP contribution in [-0.4, -0.2) is 22.6 Å². The van der Waals surface area contributed by atoms with Crippen LogP contribution in [0.15, 0.2) is 65.3 Å². The summed E-state index contributed by atoms with van der Waals surface area (Å²) >= 11 is 9.79. The summed E-state index contributed by atoms with van der Waals surface area (Å²) in [6, 6.07) is 17.6. The zero-order valence-electron chi connectivity index (χ0n) is 14.7. The van der Waals surface area contributed by atoms with Crippen LogP contribution in [0.3, 0.4) is 0 Å². The second kappa shape index (κ2) is 7.04. The highest BCUT2D eigenvalue weighted by Crippen LogP contribution is 2.37. The maximum Gasteiger partial charge on any atom is 0.163 e. The van der Waals surface area contributed by atoms with Gasteiger partial charge in [0.1, 0.15) is 30.4 Å². The quantitative estimate of drug-likeness (QED) is 0.415. The van der Waals surface area contributed by atoms with Crippen LogP contribution in [0.2, 0.25) is 5.02 Å². The van der Waals surface area contributed by atoms with E-state index in [1.807, 2.05) is 65.2 Å². The molecule has 28 heavy (non-hydrogen) atoms. The molecule has 0 spiro atoms. The van der Waals surface area contributed by atoms with Gasteiger partial charge in [0.2, 0.25) is 0 Å². The Morgan fingerprint density at radius 1 is 1.00 bits per heavy atom. The Morgan fingerprint density at radius 2 is 1.86 bits per heavy atom. The highest BCUT2D eigenvalue weighted by Gasteiger charge is 2.17. The topological polar surface area (TPSA) is 47.8 Å². The van der Waals surface area contributed by atoms with Crippen molar-refractivity contribution in [3.8, 4) is 22.8 Å². The first-order valence-electron chi connectivity index (χ1n) is 8.77. The Balaban J connectivity index is 1.65. The van der Waals surface area contributed by atoms with Crippen molar-refractivity contribution in [2.24, 2.45) is 0 Å². The van der Waals surface area contributed by atoms with E-state index in [2.05, 4.69) is 21.2 Å². The van der Waals surface area contributed by atoms with Crippen LogP contribution in [0.1, 0.15) is 0 Å². The molecule has 2 aromatic carbocycles. The molecule has 0 radical (unpaired) electrons. The molecule has 5 nitrogen and oxygen atoms in total. The van der Waals surface area contributed by atoms with Crippen molar-refractivity contribution in [3.05, 3.63) is 70.3 Å². The molecule has 1 N–H and O–H groups in total. The Hall–Kier alpha value is -2.70. The lowest BCUT2D eigenvalue weighted by Gasteiger charge is -2.19. The Kier molecular flexibility index (Phi) is 4.37. The summed E-state index contributed by atoms with van der Waals surface area (Å²) in [6.45, 7) is 1.11. The molecule has 4 aromatic rings. The first kappa shape index (κ1) is 17.4. The molecule has 3 heterocycles. The lowest BCUT2D eigenvalue weighted by Crippen LogP contribution is -2.15. The van der Waals surface area contributed by atoms with Gasteiger partial charge in [-0.25, -0.2) is 4.98 Å². The Morgan fingerprint density at radius 3 is 2.71 bits per heavy atom. The van der Waals surface area contributed by atoms with Gasteiger partial charge in [-0.1, -0.05) is 39.7 Å². The molecular formula is C21H15BrClN3O2. The van der Waals surface area contributed by atoms with Gasteiger partial charge in [-0.05, 0) is 36.4 Å². The van der Waals surface area contributed by atoms with Gasteiger partial charge in [0, 0.05) is 28.0 Å². The summed E-state index contributed by atoms with van der Waals surface area (Å²) < 4.78 is 14.3. The highest BCUT2D eigenvalue weighted by atomic mass is 79.9. The molecule has 2 aromatic heterocycles. The maximum atomic E-state index is 6.25. The molecule has 1 aliphatic heterocycles. The Labute approximate surface area is 175 Å². The van der Waals surface area contributed by atoms with Gasteiger partial charge in [-0.2, -0.15) is 0 Å². The average molecular weight is 457 g/mol. The number of hydrogen-bond donors (Lipinski definition) is 1. The average Bonchev–Trinajstić information content (AvgIpc) is 3.05. The van der Waals surface area contributed by atoms with Crippen LogP contribution in [0.5, 0.6) is 11.5 Å². The van der Waals surface area contributed by atoms with E-state index in [1.165, 1.54) is 0 Å². The number of nitrogens with one attached hydrogen (secondary N) is 1.